The van der Waals surface area contributed by atoms with Crippen LogP contribution in [0.3, 0.4) is 0 Å². The fourth-order valence-electron chi connectivity index (χ4n) is 2.23. The van der Waals surface area contributed by atoms with E-state index in [0.29, 0.717) is 12.5 Å². The number of hydrogen-bond donors (Lipinski definition) is 1. The van der Waals surface area contributed by atoms with Crippen molar-refractivity contribution in [3.05, 3.63) is 0 Å². The number of nitrogens with two attached hydrogens (primary N) is 1. The van der Waals surface area contributed by atoms with Crippen LogP contribution in [0.5, 0.6) is 0 Å². The van der Waals surface area contributed by atoms with Gasteiger partial charge in [0.1, 0.15) is 0 Å². The lowest BCUT2D eigenvalue weighted by Gasteiger charge is -2.26. The molecule has 0 heterocycles. The third kappa shape index (κ3) is 7.73. The molecule has 2 N–H and O–H groups in total. The van der Waals surface area contributed by atoms with Gasteiger partial charge in [0.05, 0.1) is 11.9 Å². The van der Waals surface area contributed by atoms with Crippen molar-refractivity contribution in [1.29, 1.82) is 0 Å². The molecule has 0 saturated heterocycles. The molecule has 17 heavy (non-hydrogen) atoms. The van der Waals surface area contributed by atoms with Crippen molar-refractivity contribution in [3.63, 3.8) is 0 Å². The van der Waals surface area contributed by atoms with Crippen molar-refractivity contribution in [2.45, 2.75) is 58.0 Å². The van der Waals surface area contributed by atoms with Crippen molar-refractivity contribution < 1.29 is 13.2 Å². The first-order chi connectivity index (χ1) is 7.97. The van der Waals surface area contributed by atoms with Crippen LogP contribution in [0, 0.1) is 5.92 Å². The lowest BCUT2D eigenvalue weighted by Crippen LogP contribution is -2.21. The zero-order valence-corrected chi connectivity index (χ0v) is 11.5. The van der Waals surface area contributed by atoms with Gasteiger partial charge in [-0.05, 0) is 44.4 Å². The van der Waals surface area contributed by atoms with Crippen LogP contribution in [0.2, 0.25) is 0 Å². The molecule has 102 valence electrons. The van der Waals surface area contributed by atoms with Gasteiger partial charge in [-0.2, -0.15) is 0 Å². The van der Waals surface area contributed by atoms with Crippen LogP contribution in [-0.2, 0) is 14.8 Å². The first kappa shape index (κ1) is 14.9. The third-order valence-corrected chi connectivity index (χ3v) is 4.25. The van der Waals surface area contributed by atoms with Crippen molar-refractivity contribution >= 4 is 10.0 Å². The molecule has 0 aliphatic heterocycles. The molecule has 1 aliphatic rings. The molecule has 1 rings (SSSR count). The van der Waals surface area contributed by atoms with Crippen molar-refractivity contribution in [3.8, 4) is 0 Å². The molecule has 0 spiro atoms. The number of ether oxygens (including phenoxy) is 1. The van der Waals surface area contributed by atoms with Gasteiger partial charge in [0, 0.05) is 6.61 Å². The molecule has 4 nitrogen and oxygen atoms in total. The molecule has 0 bridgehead atoms. The topological polar surface area (TPSA) is 69.4 Å². The zero-order chi connectivity index (χ0) is 12.7. The van der Waals surface area contributed by atoms with Gasteiger partial charge in [0.25, 0.3) is 0 Å². The molecule has 1 fully saturated rings. The lowest BCUT2D eigenvalue weighted by molar-refractivity contribution is 0.0180. The van der Waals surface area contributed by atoms with Gasteiger partial charge in [-0.15, -0.1) is 0 Å². The number of hydrogen-bond acceptors (Lipinski definition) is 3. The summed E-state index contributed by atoms with van der Waals surface area (Å²) in [6.07, 6.45) is 7.79. The van der Waals surface area contributed by atoms with Crippen molar-refractivity contribution in [2.24, 2.45) is 11.1 Å². The molecule has 1 aliphatic carbocycles. The minimum atomic E-state index is -3.28. The van der Waals surface area contributed by atoms with E-state index in [0.717, 1.165) is 25.4 Å². The van der Waals surface area contributed by atoms with Crippen LogP contribution >= 0.6 is 0 Å². The summed E-state index contributed by atoms with van der Waals surface area (Å²) in [5, 5.41) is 4.92. The molecule has 0 radical (unpaired) electrons. The molecule has 0 aromatic rings. The van der Waals surface area contributed by atoms with Gasteiger partial charge < -0.3 is 4.74 Å². The summed E-state index contributed by atoms with van der Waals surface area (Å²) < 4.78 is 27.2. The largest absolute Gasteiger partial charge is 0.378 e. The summed E-state index contributed by atoms with van der Waals surface area (Å²) in [7, 11) is -3.28. The Kier molecular flexibility index (Phi) is 6.44. The molecule has 0 amide bonds. The van der Waals surface area contributed by atoms with E-state index in [4.69, 9.17) is 9.88 Å². The van der Waals surface area contributed by atoms with E-state index in [1.54, 1.807) is 0 Å². The normalized spacial score (nSPS) is 26.0. The van der Waals surface area contributed by atoms with Crippen LogP contribution in [0.4, 0.5) is 0 Å². The Bertz CT molecular complexity index is 295. The summed E-state index contributed by atoms with van der Waals surface area (Å²) in [5.74, 6) is 0.943. The standard InChI is InChI=1S/C12H25NO3S/c1-11-5-7-12(8-6-11)16-9-3-2-4-10-17(13,14)15/h11-12H,2-10H2,1H3,(H2,13,14,15). The van der Waals surface area contributed by atoms with Crippen LogP contribution in [0.15, 0.2) is 0 Å². The van der Waals surface area contributed by atoms with Crippen LogP contribution in [0.25, 0.3) is 0 Å². The van der Waals surface area contributed by atoms with Gasteiger partial charge in [-0.25, -0.2) is 13.6 Å². The second-order valence-electron chi connectivity index (χ2n) is 5.18. The first-order valence-electron chi connectivity index (χ1n) is 6.59. The highest BCUT2D eigenvalue weighted by atomic mass is 32.2. The Morgan fingerprint density at radius 1 is 1.12 bits per heavy atom. The molecule has 0 atom stereocenters. The average Bonchev–Trinajstić information content (AvgIpc) is 2.24. The fourth-order valence-corrected chi connectivity index (χ4v) is 2.83. The van der Waals surface area contributed by atoms with E-state index in [1.165, 1.54) is 25.7 Å². The Morgan fingerprint density at radius 2 is 1.76 bits per heavy atom. The number of rotatable bonds is 7. The second-order valence-corrected chi connectivity index (χ2v) is 6.91. The van der Waals surface area contributed by atoms with E-state index in [1.807, 2.05) is 0 Å². The number of primary sulfonamides is 1. The molecular formula is C12H25NO3S. The number of sulfonamides is 1. The Morgan fingerprint density at radius 3 is 2.35 bits per heavy atom. The zero-order valence-electron chi connectivity index (χ0n) is 10.7. The predicted molar refractivity (Wildman–Crippen MR) is 69.2 cm³/mol. The minimum Gasteiger partial charge on any atom is -0.378 e. The maximum Gasteiger partial charge on any atom is 0.209 e. The van der Waals surface area contributed by atoms with Gasteiger partial charge in [-0.3, -0.25) is 0 Å². The molecule has 0 unspecified atom stereocenters. The monoisotopic (exact) mass is 263 g/mol. The van der Waals surface area contributed by atoms with Crippen molar-refractivity contribution in [2.75, 3.05) is 12.4 Å². The molecule has 0 aromatic carbocycles. The molecular weight excluding hydrogens is 238 g/mol. The Labute approximate surface area is 105 Å². The first-order valence-corrected chi connectivity index (χ1v) is 8.31. The third-order valence-electron chi connectivity index (χ3n) is 3.39. The van der Waals surface area contributed by atoms with Crippen LogP contribution in [0.1, 0.15) is 51.9 Å². The summed E-state index contributed by atoms with van der Waals surface area (Å²) in [4.78, 5) is 0. The molecule has 0 aromatic heterocycles. The smallest absolute Gasteiger partial charge is 0.209 e. The predicted octanol–water partition coefficient (Wildman–Crippen LogP) is 2.04. The van der Waals surface area contributed by atoms with E-state index < -0.39 is 10.0 Å². The van der Waals surface area contributed by atoms with E-state index >= 15 is 0 Å². The highest BCUT2D eigenvalue weighted by Crippen LogP contribution is 2.25. The van der Waals surface area contributed by atoms with E-state index in [-0.39, 0.29) is 5.75 Å². The quantitative estimate of drug-likeness (QED) is 0.715. The molecule has 1 saturated carbocycles. The van der Waals surface area contributed by atoms with Crippen molar-refractivity contribution in [1.82, 2.24) is 0 Å². The number of unbranched alkanes of at least 4 members (excludes halogenated alkanes) is 2. The van der Waals surface area contributed by atoms with E-state index in [2.05, 4.69) is 6.92 Å². The summed E-state index contributed by atoms with van der Waals surface area (Å²) in [6, 6.07) is 0. The minimum absolute atomic E-state index is 0.0912. The second kappa shape index (κ2) is 7.34. The van der Waals surface area contributed by atoms with E-state index in [9.17, 15) is 8.42 Å². The van der Waals surface area contributed by atoms with Gasteiger partial charge >= 0.3 is 0 Å². The summed E-state index contributed by atoms with van der Waals surface area (Å²) in [5.41, 5.74) is 0. The van der Waals surface area contributed by atoms with Gasteiger partial charge in [0.15, 0.2) is 0 Å². The highest BCUT2D eigenvalue weighted by molar-refractivity contribution is 7.89. The summed E-state index contributed by atoms with van der Waals surface area (Å²) in [6.45, 7) is 3.05. The maximum absolute atomic E-state index is 10.7. The van der Waals surface area contributed by atoms with Gasteiger partial charge in [0.2, 0.25) is 10.0 Å². The van der Waals surface area contributed by atoms with Gasteiger partial charge in [-0.1, -0.05) is 13.3 Å². The fraction of sp³-hybridized carbons (Fsp3) is 1.00. The summed E-state index contributed by atoms with van der Waals surface area (Å²) >= 11 is 0. The van der Waals surface area contributed by atoms with Crippen LogP contribution in [-0.4, -0.2) is 26.9 Å². The Hall–Kier alpha value is -0.130. The Balaban J connectivity index is 1.94. The molecule has 5 heteroatoms. The van der Waals surface area contributed by atoms with Crippen LogP contribution < -0.4 is 5.14 Å². The highest BCUT2D eigenvalue weighted by Gasteiger charge is 2.18. The lowest BCUT2D eigenvalue weighted by atomic mass is 9.89. The SMILES string of the molecule is CC1CCC(OCCCCCS(N)(=O)=O)CC1. The maximum atomic E-state index is 10.7. The average molecular weight is 263 g/mol.